The molecule has 0 N–H and O–H groups in total. The van der Waals surface area contributed by atoms with Crippen molar-refractivity contribution in [3.8, 4) is 11.3 Å². The van der Waals surface area contributed by atoms with Crippen molar-refractivity contribution < 1.29 is 0 Å². The zero-order valence-electron chi connectivity index (χ0n) is 15.8. The van der Waals surface area contributed by atoms with Crippen molar-refractivity contribution >= 4 is 0 Å². The molecule has 1 aromatic carbocycles. The van der Waals surface area contributed by atoms with Crippen molar-refractivity contribution in [3.63, 3.8) is 0 Å². The largest absolute Gasteiger partial charge is 0.256 e. The Balaban J connectivity index is 2.44. The summed E-state index contributed by atoms with van der Waals surface area (Å²) in [4.78, 5) is 4.75. The summed E-state index contributed by atoms with van der Waals surface area (Å²) in [5.74, 6) is 0. The Kier molecular flexibility index (Phi) is 4.98. The zero-order valence-corrected chi connectivity index (χ0v) is 15.8. The highest BCUT2D eigenvalue weighted by Gasteiger charge is 2.19. The summed E-state index contributed by atoms with van der Waals surface area (Å²) in [7, 11) is 0. The molecule has 0 aliphatic heterocycles. The van der Waals surface area contributed by atoms with Crippen molar-refractivity contribution in [1.29, 1.82) is 0 Å². The Bertz CT molecular complexity index is 652. The van der Waals surface area contributed by atoms with Crippen LogP contribution in [0.5, 0.6) is 0 Å². The summed E-state index contributed by atoms with van der Waals surface area (Å²) in [6.07, 6.45) is 4.25. The van der Waals surface area contributed by atoms with Crippen LogP contribution in [0.4, 0.5) is 0 Å². The minimum Gasteiger partial charge on any atom is -0.256 e. The minimum atomic E-state index is 0.276. The molecule has 124 valence electrons. The van der Waals surface area contributed by atoms with E-state index in [2.05, 4.69) is 85.0 Å². The maximum Gasteiger partial charge on any atom is 0.0704 e. The lowest BCUT2D eigenvalue weighted by Crippen LogP contribution is -2.15. The average Bonchev–Trinajstić information content (AvgIpc) is 2.38. The van der Waals surface area contributed by atoms with Crippen LogP contribution < -0.4 is 0 Å². The molecule has 0 saturated carbocycles. The summed E-state index contributed by atoms with van der Waals surface area (Å²) in [5, 5.41) is 0. The van der Waals surface area contributed by atoms with Crippen LogP contribution in [-0.2, 0) is 12.8 Å². The van der Waals surface area contributed by atoms with E-state index >= 15 is 0 Å². The lowest BCUT2D eigenvalue weighted by Gasteiger charge is -2.24. The van der Waals surface area contributed by atoms with Crippen LogP contribution in [0.3, 0.4) is 0 Å². The molecule has 0 spiro atoms. The van der Waals surface area contributed by atoms with Gasteiger partial charge in [0.15, 0.2) is 0 Å². The molecule has 23 heavy (non-hydrogen) atoms. The van der Waals surface area contributed by atoms with Crippen LogP contribution in [0.2, 0.25) is 0 Å². The van der Waals surface area contributed by atoms with Crippen molar-refractivity contribution in [3.05, 3.63) is 53.2 Å². The predicted molar refractivity (Wildman–Crippen MR) is 101 cm³/mol. The van der Waals surface area contributed by atoms with Gasteiger partial charge in [0.1, 0.15) is 0 Å². The van der Waals surface area contributed by atoms with Gasteiger partial charge in [0.05, 0.1) is 5.69 Å². The number of hydrogen-bond donors (Lipinski definition) is 0. The zero-order chi connectivity index (χ0) is 17.3. The lowest BCUT2D eigenvalue weighted by atomic mass is 9.81. The standard InChI is InChI=1S/C22H31N/c1-16-8-10-17(11-9-16)20-12-18(13-21(2,3)4)19(15-23-20)14-22(5,6)7/h8-12,15H,13-14H2,1-7H3. The van der Waals surface area contributed by atoms with E-state index in [4.69, 9.17) is 4.98 Å². The maximum atomic E-state index is 4.75. The van der Waals surface area contributed by atoms with Crippen molar-refractivity contribution in [2.45, 2.75) is 61.3 Å². The lowest BCUT2D eigenvalue weighted by molar-refractivity contribution is 0.392. The first-order valence-corrected chi connectivity index (χ1v) is 8.58. The van der Waals surface area contributed by atoms with Gasteiger partial charge in [0.2, 0.25) is 0 Å². The molecule has 0 bridgehead atoms. The van der Waals surface area contributed by atoms with Crippen LogP contribution in [0.25, 0.3) is 11.3 Å². The number of rotatable bonds is 3. The van der Waals surface area contributed by atoms with Gasteiger partial charge in [-0.05, 0) is 47.8 Å². The average molecular weight is 309 g/mol. The quantitative estimate of drug-likeness (QED) is 0.654. The van der Waals surface area contributed by atoms with Crippen LogP contribution >= 0.6 is 0 Å². The van der Waals surface area contributed by atoms with Crippen molar-refractivity contribution in [1.82, 2.24) is 4.98 Å². The fraction of sp³-hybridized carbons (Fsp3) is 0.500. The number of pyridine rings is 1. The molecule has 1 nitrogen and oxygen atoms in total. The van der Waals surface area contributed by atoms with Gasteiger partial charge in [-0.2, -0.15) is 0 Å². The molecule has 0 amide bonds. The molecule has 1 aromatic heterocycles. The Morgan fingerprint density at radius 2 is 1.30 bits per heavy atom. The number of aryl methyl sites for hydroxylation is 1. The second-order valence-corrected chi connectivity index (χ2v) is 9.18. The fourth-order valence-corrected chi connectivity index (χ4v) is 2.87. The number of benzene rings is 1. The van der Waals surface area contributed by atoms with Gasteiger partial charge in [-0.15, -0.1) is 0 Å². The van der Waals surface area contributed by atoms with Crippen LogP contribution in [-0.4, -0.2) is 4.98 Å². The van der Waals surface area contributed by atoms with Gasteiger partial charge in [-0.3, -0.25) is 4.98 Å². The predicted octanol–water partition coefficient (Wildman–Crippen LogP) is 6.23. The van der Waals surface area contributed by atoms with Crippen molar-refractivity contribution in [2.24, 2.45) is 10.8 Å². The van der Waals surface area contributed by atoms with Gasteiger partial charge in [0.25, 0.3) is 0 Å². The summed E-state index contributed by atoms with van der Waals surface area (Å²) in [5.41, 5.74) is 6.96. The summed E-state index contributed by atoms with van der Waals surface area (Å²) in [6, 6.07) is 11.0. The highest BCUT2D eigenvalue weighted by atomic mass is 14.7. The number of aromatic nitrogens is 1. The van der Waals surface area contributed by atoms with Gasteiger partial charge >= 0.3 is 0 Å². The molecular formula is C22H31N. The Morgan fingerprint density at radius 1 is 0.783 bits per heavy atom. The first kappa shape index (κ1) is 17.7. The third-order valence-corrected chi connectivity index (χ3v) is 3.87. The third kappa shape index (κ3) is 5.49. The molecule has 0 fully saturated rings. The monoisotopic (exact) mass is 309 g/mol. The van der Waals surface area contributed by atoms with E-state index in [0.717, 1.165) is 18.5 Å². The van der Waals surface area contributed by atoms with Crippen LogP contribution in [0.1, 0.15) is 58.2 Å². The second kappa shape index (κ2) is 6.47. The van der Waals surface area contributed by atoms with Crippen LogP contribution in [0.15, 0.2) is 36.5 Å². The summed E-state index contributed by atoms with van der Waals surface area (Å²) in [6.45, 7) is 15.9. The van der Waals surface area contributed by atoms with E-state index in [1.54, 1.807) is 0 Å². The molecule has 2 rings (SSSR count). The number of hydrogen-bond acceptors (Lipinski definition) is 1. The smallest absolute Gasteiger partial charge is 0.0704 e. The molecular weight excluding hydrogens is 278 g/mol. The molecule has 1 heterocycles. The fourth-order valence-electron chi connectivity index (χ4n) is 2.87. The van der Waals surface area contributed by atoms with E-state index in [1.165, 1.54) is 22.3 Å². The van der Waals surface area contributed by atoms with Gasteiger partial charge in [-0.25, -0.2) is 0 Å². The van der Waals surface area contributed by atoms with Crippen LogP contribution in [0, 0.1) is 17.8 Å². The molecule has 0 unspecified atom stereocenters. The highest BCUT2D eigenvalue weighted by Crippen LogP contribution is 2.30. The normalized spacial score (nSPS) is 12.5. The van der Waals surface area contributed by atoms with Gasteiger partial charge < -0.3 is 0 Å². The first-order chi connectivity index (χ1) is 10.5. The summed E-state index contributed by atoms with van der Waals surface area (Å²) < 4.78 is 0. The number of nitrogens with zero attached hydrogens (tertiary/aromatic N) is 1. The first-order valence-electron chi connectivity index (χ1n) is 8.58. The topological polar surface area (TPSA) is 12.9 Å². The van der Waals surface area contributed by atoms with Crippen molar-refractivity contribution in [2.75, 3.05) is 0 Å². The van der Waals surface area contributed by atoms with E-state index in [9.17, 15) is 0 Å². The minimum absolute atomic E-state index is 0.276. The molecule has 0 saturated heterocycles. The Labute approximate surface area is 142 Å². The maximum absolute atomic E-state index is 4.75. The molecule has 0 aliphatic rings. The van der Waals surface area contributed by atoms with E-state index in [1.807, 2.05) is 0 Å². The highest BCUT2D eigenvalue weighted by molar-refractivity contribution is 5.60. The van der Waals surface area contributed by atoms with Gasteiger partial charge in [-0.1, -0.05) is 71.4 Å². The van der Waals surface area contributed by atoms with Gasteiger partial charge in [0, 0.05) is 11.8 Å². The SMILES string of the molecule is Cc1ccc(-c2cc(CC(C)(C)C)c(CC(C)(C)C)cn2)cc1. The molecule has 2 aromatic rings. The van der Waals surface area contributed by atoms with E-state index < -0.39 is 0 Å². The molecule has 0 atom stereocenters. The Morgan fingerprint density at radius 3 is 1.83 bits per heavy atom. The van der Waals surface area contributed by atoms with E-state index in [-0.39, 0.29) is 10.8 Å². The molecule has 0 radical (unpaired) electrons. The second-order valence-electron chi connectivity index (χ2n) is 9.18. The Hall–Kier alpha value is -1.63. The molecule has 0 aliphatic carbocycles. The molecule has 1 heteroatoms. The summed E-state index contributed by atoms with van der Waals surface area (Å²) >= 11 is 0. The third-order valence-electron chi connectivity index (χ3n) is 3.87. The van der Waals surface area contributed by atoms with E-state index in [0.29, 0.717) is 0 Å².